The molecule has 0 bridgehead atoms. The average Bonchev–Trinajstić information content (AvgIpc) is 2.89. The smallest absolute Gasteiger partial charge is 0.317 e. The molecule has 1 aliphatic rings. The molecule has 214 valence electrons. The third kappa shape index (κ3) is 5.57. The van der Waals surface area contributed by atoms with Gasteiger partial charge in [0.15, 0.2) is 17.3 Å². The second-order valence-electron chi connectivity index (χ2n) is 8.70. The minimum atomic E-state index is -1.97. The van der Waals surface area contributed by atoms with Gasteiger partial charge in [-0.05, 0) is 18.2 Å². The van der Waals surface area contributed by atoms with Crippen LogP contribution in [0.1, 0.15) is 6.42 Å². The van der Waals surface area contributed by atoms with E-state index in [1.54, 1.807) is 0 Å². The SMILES string of the molecule is COc1cc(-c2oc3cc(O)cc(O)c3c(=O)c2OC2OC(COC(=O)CC(=O)O)C(O)C(O)C2O)ccc1O. The van der Waals surface area contributed by atoms with Crippen molar-refractivity contribution in [3.63, 3.8) is 0 Å². The molecule has 5 unspecified atom stereocenters. The number of rotatable bonds is 8. The fourth-order valence-corrected chi connectivity index (χ4v) is 4.00. The van der Waals surface area contributed by atoms with Crippen LogP contribution < -0.4 is 14.9 Å². The average molecular weight is 564 g/mol. The van der Waals surface area contributed by atoms with E-state index in [-0.39, 0.29) is 28.4 Å². The van der Waals surface area contributed by atoms with E-state index in [4.69, 9.17) is 28.5 Å². The standard InChI is InChI=1S/C25H24O15/c1-36-13-4-9(2-3-11(13)27)23-24(20(33)18-12(28)5-10(26)6-14(18)38-23)40-25-22(35)21(34)19(32)15(39-25)8-37-17(31)7-16(29)30/h2-6,15,19,21-22,25-28,32,34-35H,7-8H2,1H3,(H,29,30). The summed E-state index contributed by atoms with van der Waals surface area (Å²) in [7, 11) is 1.27. The van der Waals surface area contributed by atoms with Crippen LogP contribution in [0, 0.1) is 0 Å². The van der Waals surface area contributed by atoms with E-state index in [0.29, 0.717) is 0 Å². The van der Waals surface area contributed by atoms with Gasteiger partial charge >= 0.3 is 11.9 Å². The van der Waals surface area contributed by atoms with Crippen molar-refractivity contribution in [2.24, 2.45) is 0 Å². The Bertz CT molecular complexity index is 1500. The summed E-state index contributed by atoms with van der Waals surface area (Å²) in [5, 5.41) is 69.7. The number of benzene rings is 2. The van der Waals surface area contributed by atoms with Gasteiger partial charge < -0.3 is 59.1 Å². The van der Waals surface area contributed by atoms with Crippen LogP contribution in [-0.4, -0.2) is 92.1 Å². The summed E-state index contributed by atoms with van der Waals surface area (Å²) < 4.78 is 26.7. The Morgan fingerprint density at radius 2 is 1.70 bits per heavy atom. The van der Waals surface area contributed by atoms with Crippen LogP contribution in [0.2, 0.25) is 0 Å². The molecule has 2 aromatic carbocycles. The van der Waals surface area contributed by atoms with Crippen LogP contribution in [0.5, 0.6) is 28.7 Å². The quantitative estimate of drug-likeness (QED) is 0.138. The monoisotopic (exact) mass is 564 g/mol. The first-order valence-electron chi connectivity index (χ1n) is 11.5. The number of aliphatic hydroxyl groups is 3. The van der Waals surface area contributed by atoms with E-state index in [0.717, 1.165) is 12.1 Å². The van der Waals surface area contributed by atoms with E-state index in [9.17, 15) is 45.0 Å². The topological polar surface area (TPSA) is 243 Å². The fraction of sp³-hybridized carbons (Fsp3) is 0.320. The lowest BCUT2D eigenvalue weighted by Crippen LogP contribution is -2.60. The van der Waals surface area contributed by atoms with Crippen molar-refractivity contribution < 1.29 is 68.7 Å². The van der Waals surface area contributed by atoms with Crippen LogP contribution in [0.15, 0.2) is 39.5 Å². The number of carboxylic acid groups (broad SMARTS) is 1. The highest BCUT2D eigenvalue weighted by molar-refractivity contribution is 5.90. The minimum absolute atomic E-state index is 0.0271. The van der Waals surface area contributed by atoms with Crippen molar-refractivity contribution in [3.8, 4) is 40.1 Å². The molecule has 0 aliphatic carbocycles. The Morgan fingerprint density at radius 3 is 2.38 bits per heavy atom. The molecule has 40 heavy (non-hydrogen) atoms. The largest absolute Gasteiger partial charge is 0.508 e. The summed E-state index contributed by atoms with van der Waals surface area (Å²) in [6, 6.07) is 5.74. The first-order valence-corrected chi connectivity index (χ1v) is 11.5. The van der Waals surface area contributed by atoms with Crippen molar-refractivity contribution in [2.45, 2.75) is 37.1 Å². The fourth-order valence-electron chi connectivity index (χ4n) is 4.00. The van der Waals surface area contributed by atoms with Crippen LogP contribution in [-0.2, 0) is 19.1 Å². The summed E-state index contributed by atoms with van der Waals surface area (Å²) >= 11 is 0. The Kier molecular flexibility index (Phi) is 8.01. The number of hydrogen-bond donors (Lipinski definition) is 7. The number of hydrogen-bond acceptors (Lipinski definition) is 14. The Labute approximate surface area is 223 Å². The maximum Gasteiger partial charge on any atom is 0.317 e. The highest BCUT2D eigenvalue weighted by atomic mass is 16.7. The molecule has 15 nitrogen and oxygen atoms in total. The van der Waals surface area contributed by atoms with Crippen LogP contribution in [0.4, 0.5) is 0 Å². The van der Waals surface area contributed by atoms with Gasteiger partial charge in [0.2, 0.25) is 17.5 Å². The zero-order chi connectivity index (χ0) is 29.3. The Balaban J connectivity index is 1.77. The maximum atomic E-state index is 13.5. The lowest BCUT2D eigenvalue weighted by molar-refractivity contribution is -0.278. The first-order chi connectivity index (χ1) is 18.9. The molecule has 1 aromatic heterocycles. The highest BCUT2D eigenvalue weighted by Crippen LogP contribution is 2.39. The number of phenols is 3. The van der Waals surface area contributed by atoms with Crippen molar-refractivity contribution in [3.05, 3.63) is 40.6 Å². The van der Waals surface area contributed by atoms with Crippen molar-refractivity contribution in [1.82, 2.24) is 0 Å². The minimum Gasteiger partial charge on any atom is -0.508 e. The third-order valence-corrected chi connectivity index (χ3v) is 5.97. The molecule has 3 aromatic rings. The van der Waals surface area contributed by atoms with Gasteiger partial charge in [0.1, 0.15) is 59.9 Å². The molecule has 7 N–H and O–H groups in total. The molecule has 4 rings (SSSR count). The zero-order valence-electron chi connectivity index (χ0n) is 20.6. The van der Waals surface area contributed by atoms with Crippen molar-refractivity contribution in [1.29, 1.82) is 0 Å². The van der Waals surface area contributed by atoms with Gasteiger partial charge in [-0.25, -0.2) is 0 Å². The molecule has 1 saturated heterocycles. The Hall–Kier alpha value is -4.57. The molecule has 0 radical (unpaired) electrons. The van der Waals surface area contributed by atoms with Gasteiger partial charge in [-0.3, -0.25) is 14.4 Å². The normalized spacial score (nSPS) is 22.6. The number of aromatic hydroxyl groups is 3. The van der Waals surface area contributed by atoms with Gasteiger partial charge in [-0.2, -0.15) is 0 Å². The predicted octanol–water partition coefficient (Wildman–Crippen LogP) is -0.210. The number of carboxylic acids is 1. The lowest BCUT2D eigenvalue weighted by atomic mass is 9.99. The van der Waals surface area contributed by atoms with Crippen molar-refractivity contribution in [2.75, 3.05) is 13.7 Å². The number of esters is 1. The van der Waals surface area contributed by atoms with Gasteiger partial charge in [-0.15, -0.1) is 0 Å². The molecule has 0 spiro atoms. The molecule has 0 saturated carbocycles. The number of carbonyl (C=O) groups excluding carboxylic acids is 1. The second-order valence-corrected chi connectivity index (χ2v) is 8.70. The number of aliphatic hydroxyl groups excluding tert-OH is 3. The predicted molar refractivity (Wildman–Crippen MR) is 130 cm³/mol. The molecule has 1 aliphatic heterocycles. The first kappa shape index (κ1) is 28.4. The Morgan fingerprint density at radius 1 is 0.975 bits per heavy atom. The van der Waals surface area contributed by atoms with Gasteiger partial charge in [-0.1, -0.05) is 0 Å². The highest BCUT2D eigenvalue weighted by Gasteiger charge is 2.46. The van der Waals surface area contributed by atoms with Gasteiger partial charge in [0.25, 0.3) is 0 Å². The number of aliphatic carboxylic acids is 1. The van der Waals surface area contributed by atoms with E-state index in [2.05, 4.69) is 0 Å². The van der Waals surface area contributed by atoms with Gasteiger partial charge in [0.05, 0.1) is 7.11 Å². The van der Waals surface area contributed by atoms with Gasteiger partial charge in [0, 0.05) is 17.7 Å². The molecule has 15 heteroatoms. The molecule has 1 fully saturated rings. The number of ether oxygens (including phenoxy) is 4. The van der Waals surface area contributed by atoms with Crippen LogP contribution >= 0.6 is 0 Å². The summed E-state index contributed by atoms with van der Waals surface area (Å²) in [6.07, 6.45) is -10.1. The molecule has 5 atom stereocenters. The lowest BCUT2D eigenvalue weighted by Gasteiger charge is -2.39. The van der Waals surface area contributed by atoms with Crippen LogP contribution in [0.25, 0.3) is 22.3 Å². The van der Waals surface area contributed by atoms with Crippen molar-refractivity contribution >= 4 is 22.9 Å². The van der Waals surface area contributed by atoms with E-state index < -0.39 is 83.7 Å². The number of fused-ring (bicyclic) bond motifs is 1. The number of methoxy groups -OCH3 is 1. The zero-order valence-corrected chi connectivity index (χ0v) is 20.6. The summed E-state index contributed by atoms with van der Waals surface area (Å²) in [6.45, 7) is -0.745. The maximum absolute atomic E-state index is 13.5. The van der Waals surface area contributed by atoms with E-state index >= 15 is 0 Å². The summed E-state index contributed by atoms with van der Waals surface area (Å²) in [5.41, 5.74) is -1.17. The molecule has 0 amide bonds. The number of phenolic OH excluding ortho intramolecular Hbond substituents is 3. The molecule has 2 heterocycles. The second kappa shape index (κ2) is 11.3. The molecular formula is C25H24O15. The summed E-state index contributed by atoms with van der Waals surface area (Å²) in [4.78, 5) is 35.8. The number of carbonyl (C=O) groups is 2. The van der Waals surface area contributed by atoms with E-state index in [1.807, 2.05) is 0 Å². The van der Waals surface area contributed by atoms with E-state index in [1.165, 1.54) is 25.3 Å². The summed E-state index contributed by atoms with van der Waals surface area (Å²) in [5.74, 6) is -5.01. The molecular weight excluding hydrogens is 540 g/mol. The third-order valence-electron chi connectivity index (χ3n) is 5.97. The van der Waals surface area contributed by atoms with Crippen LogP contribution in [0.3, 0.4) is 0 Å².